The molecule has 2 rings (SSSR count). The van der Waals surface area contributed by atoms with Crippen LogP contribution in [0.4, 0.5) is 0 Å². The molecule has 36 heavy (non-hydrogen) atoms. The predicted octanol–water partition coefficient (Wildman–Crippen LogP) is 9.10. The molecule has 0 saturated heterocycles. The largest absolute Gasteiger partial charge is 0.494 e. The van der Waals surface area contributed by atoms with Crippen molar-refractivity contribution < 1.29 is 14.3 Å². The van der Waals surface area contributed by atoms with Gasteiger partial charge in [-0.1, -0.05) is 104 Å². The molecule has 1 aromatic heterocycles. The Bertz CT molecular complexity index is 806. The molecular formula is C31H48N2O3. The van der Waals surface area contributed by atoms with E-state index in [0.29, 0.717) is 18.0 Å². The van der Waals surface area contributed by atoms with E-state index in [1.807, 2.05) is 24.3 Å². The molecule has 200 valence electrons. The maximum Gasteiger partial charge on any atom is 0.311 e. The van der Waals surface area contributed by atoms with E-state index >= 15 is 0 Å². The summed E-state index contributed by atoms with van der Waals surface area (Å²) in [7, 11) is 0. The van der Waals surface area contributed by atoms with Crippen molar-refractivity contribution in [1.82, 2.24) is 9.97 Å². The van der Waals surface area contributed by atoms with Gasteiger partial charge >= 0.3 is 5.97 Å². The zero-order valence-corrected chi connectivity index (χ0v) is 22.8. The Labute approximate surface area is 219 Å². The van der Waals surface area contributed by atoms with Crippen molar-refractivity contribution in [2.45, 2.75) is 123 Å². The van der Waals surface area contributed by atoms with E-state index in [-0.39, 0.29) is 5.97 Å². The molecule has 0 atom stereocenters. The van der Waals surface area contributed by atoms with E-state index in [1.54, 1.807) is 12.4 Å². The van der Waals surface area contributed by atoms with Gasteiger partial charge in [-0.2, -0.15) is 0 Å². The van der Waals surface area contributed by atoms with Gasteiger partial charge in [0.15, 0.2) is 11.6 Å². The highest BCUT2D eigenvalue weighted by Gasteiger charge is 2.07. The molecule has 1 aromatic carbocycles. The molecule has 0 fully saturated rings. The lowest BCUT2D eigenvalue weighted by Gasteiger charge is -2.08. The van der Waals surface area contributed by atoms with Gasteiger partial charge in [0.2, 0.25) is 0 Å². The number of benzene rings is 1. The number of ether oxygens (including phenoxy) is 2. The summed E-state index contributed by atoms with van der Waals surface area (Å²) in [5, 5.41) is 0. The fourth-order valence-corrected chi connectivity index (χ4v) is 4.23. The highest BCUT2D eigenvalue weighted by molar-refractivity contribution is 5.72. The zero-order chi connectivity index (χ0) is 25.7. The lowest BCUT2D eigenvalue weighted by molar-refractivity contribution is -0.134. The summed E-state index contributed by atoms with van der Waals surface area (Å²) in [5.41, 5.74) is 0.909. The Kier molecular flexibility index (Phi) is 16.3. The minimum Gasteiger partial charge on any atom is -0.494 e. The molecule has 1 heterocycles. The van der Waals surface area contributed by atoms with Gasteiger partial charge in [-0.3, -0.25) is 4.79 Å². The molecule has 5 nitrogen and oxygen atoms in total. The van der Waals surface area contributed by atoms with Gasteiger partial charge < -0.3 is 9.47 Å². The summed E-state index contributed by atoms with van der Waals surface area (Å²) in [4.78, 5) is 20.7. The van der Waals surface area contributed by atoms with Crippen LogP contribution < -0.4 is 9.47 Å². The second-order valence-corrected chi connectivity index (χ2v) is 9.79. The summed E-state index contributed by atoms with van der Waals surface area (Å²) in [6, 6.07) is 7.85. The van der Waals surface area contributed by atoms with Gasteiger partial charge in [-0.05, 0) is 37.1 Å². The summed E-state index contributed by atoms with van der Waals surface area (Å²) in [6.07, 6.45) is 23.7. The van der Waals surface area contributed by atoms with Gasteiger partial charge in [0.05, 0.1) is 19.0 Å². The van der Waals surface area contributed by atoms with Crippen molar-refractivity contribution >= 4 is 5.97 Å². The van der Waals surface area contributed by atoms with Gasteiger partial charge in [0.25, 0.3) is 0 Å². The smallest absolute Gasteiger partial charge is 0.311 e. The standard InChI is InChI=1S/C31H48N2O3/c1-3-5-7-9-11-12-13-14-16-18-24-35-28-22-20-27(21-23-28)31-32-25-29(26-33-31)36-30(34)19-17-15-10-8-6-4-2/h20-23,25-26H,3-19,24H2,1-2H3. The minimum absolute atomic E-state index is 0.217. The van der Waals surface area contributed by atoms with Gasteiger partial charge in [-0.25, -0.2) is 9.97 Å². The fourth-order valence-electron chi connectivity index (χ4n) is 4.23. The Morgan fingerprint density at radius 2 is 1.14 bits per heavy atom. The Balaban J connectivity index is 1.59. The van der Waals surface area contributed by atoms with Crippen LogP contribution in [0.15, 0.2) is 36.7 Å². The Morgan fingerprint density at radius 1 is 0.639 bits per heavy atom. The molecule has 5 heteroatoms. The molecule has 0 radical (unpaired) electrons. The topological polar surface area (TPSA) is 61.3 Å². The maximum absolute atomic E-state index is 12.0. The number of hydrogen-bond donors (Lipinski definition) is 0. The second kappa shape index (κ2) is 19.7. The number of nitrogens with zero attached hydrogens (tertiary/aromatic N) is 2. The third-order valence-electron chi connectivity index (χ3n) is 6.47. The molecule has 0 spiro atoms. The van der Waals surface area contributed by atoms with Crippen LogP contribution in [0.2, 0.25) is 0 Å². The molecule has 0 N–H and O–H groups in total. The molecule has 0 bridgehead atoms. The van der Waals surface area contributed by atoms with E-state index in [9.17, 15) is 4.79 Å². The van der Waals surface area contributed by atoms with Crippen molar-refractivity contribution in [2.24, 2.45) is 0 Å². The molecule has 0 aliphatic carbocycles. The van der Waals surface area contributed by atoms with Crippen molar-refractivity contribution in [3.8, 4) is 22.9 Å². The van der Waals surface area contributed by atoms with Crippen LogP contribution in [0.1, 0.15) is 123 Å². The lowest BCUT2D eigenvalue weighted by atomic mass is 10.1. The molecule has 0 unspecified atom stereocenters. The highest BCUT2D eigenvalue weighted by atomic mass is 16.5. The predicted molar refractivity (Wildman–Crippen MR) is 148 cm³/mol. The molecule has 0 saturated carbocycles. The zero-order valence-electron chi connectivity index (χ0n) is 22.8. The van der Waals surface area contributed by atoms with E-state index in [0.717, 1.165) is 37.2 Å². The van der Waals surface area contributed by atoms with E-state index in [1.165, 1.54) is 83.5 Å². The summed E-state index contributed by atoms with van der Waals surface area (Å²) in [5.74, 6) is 1.65. The highest BCUT2D eigenvalue weighted by Crippen LogP contribution is 2.21. The SMILES string of the molecule is CCCCCCCCCCCCOc1ccc(-c2ncc(OC(=O)CCCCCCCC)cn2)cc1. The first-order valence-corrected chi connectivity index (χ1v) is 14.5. The number of rotatable bonds is 21. The molecule has 2 aromatic rings. The monoisotopic (exact) mass is 496 g/mol. The molecule has 0 amide bonds. The van der Waals surface area contributed by atoms with Crippen LogP contribution >= 0.6 is 0 Å². The molecule has 0 aliphatic rings. The first-order chi connectivity index (χ1) is 17.7. The third kappa shape index (κ3) is 13.6. The van der Waals surface area contributed by atoms with E-state index in [4.69, 9.17) is 9.47 Å². The van der Waals surface area contributed by atoms with Crippen LogP contribution in [0.5, 0.6) is 11.5 Å². The molecular weight excluding hydrogens is 448 g/mol. The van der Waals surface area contributed by atoms with Crippen LogP contribution in [0.3, 0.4) is 0 Å². The van der Waals surface area contributed by atoms with Crippen LogP contribution in [0.25, 0.3) is 11.4 Å². The van der Waals surface area contributed by atoms with Crippen molar-refractivity contribution in [3.63, 3.8) is 0 Å². The van der Waals surface area contributed by atoms with Crippen LogP contribution in [0, 0.1) is 0 Å². The van der Waals surface area contributed by atoms with Crippen molar-refractivity contribution in [2.75, 3.05) is 6.61 Å². The first-order valence-electron chi connectivity index (χ1n) is 14.5. The van der Waals surface area contributed by atoms with Crippen molar-refractivity contribution in [1.29, 1.82) is 0 Å². The maximum atomic E-state index is 12.0. The quantitative estimate of drug-likeness (QED) is 0.127. The average molecular weight is 497 g/mol. The normalized spacial score (nSPS) is 10.9. The summed E-state index contributed by atoms with van der Waals surface area (Å²) >= 11 is 0. The number of esters is 1. The minimum atomic E-state index is -0.217. The van der Waals surface area contributed by atoms with Crippen LogP contribution in [-0.4, -0.2) is 22.5 Å². The van der Waals surface area contributed by atoms with Gasteiger partial charge in [0.1, 0.15) is 5.75 Å². The number of hydrogen-bond acceptors (Lipinski definition) is 5. The number of unbranched alkanes of at least 4 members (excludes halogenated alkanes) is 14. The van der Waals surface area contributed by atoms with Crippen LogP contribution in [-0.2, 0) is 4.79 Å². The number of carbonyl (C=O) groups excluding carboxylic acids is 1. The Morgan fingerprint density at radius 3 is 1.69 bits per heavy atom. The fraction of sp³-hybridized carbons (Fsp3) is 0.645. The summed E-state index contributed by atoms with van der Waals surface area (Å²) in [6.45, 7) is 5.22. The second-order valence-electron chi connectivity index (χ2n) is 9.79. The summed E-state index contributed by atoms with van der Waals surface area (Å²) < 4.78 is 11.3. The third-order valence-corrected chi connectivity index (χ3v) is 6.47. The van der Waals surface area contributed by atoms with E-state index in [2.05, 4.69) is 23.8 Å². The van der Waals surface area contributed by atoms with Gasteiger partial charge in [-0.15, -0.1) is 0 Å². The number of aromatic nitrogens is 2. The average Bonchev–Trinajstić information content (AvgIpc) is 2.90. The van der Waals surface area contributed by atoms with Gasteiger partial charge in [0, 0.05) is 12.0 Å². The Hall–Kier alpha value is -2.43. The van der Waals surface area contributed by atoms with Crippen molar-refractivity contribution in [3.05, 3.63) is 36.7 Å². The van der Waals surface area contributed by atoms with E-state index < -0.39 is 0 Å². The molecule has 0 aliphatic heterocycles. The first kappa shape index (κ1) is 29.8. The number of carbonyl (C=O) groups is 1. The lowest BCUT2D eigenvalue weighted by Crippen LogP contribution is -2.08.